The molecule has 0 aromatic heterocycles. The van der Waals surface area contributed by atoms with Crippen molar-refractivity contribution in [3.63, 3.8) is 0 Å². The Bertz CT molecular complexity index is 607. The minimum absolute atomic E-state index is 0.00266. The van der Waals surface area contributed by atoms with Crippen molar-refractivity contribution in [2.45, 2.75) is 52.2 Å². The Balaban J connectivity index is 2.43. The van der Waals surface area contributed by atoms with E-state index in [0.717, 1.165) is 0 Å². The van der Waals surface area contributed by atoms with Crippen LogP contribution in [0.15, 0.2) is 18.2 Å². The van der Waals surface area contributed by atoms with Crippen molar-refractivity contribution in [2.24, 2.45) is 0 Å². The molecule has 23 heavy (non-hydrogen) atoms. The molecule has 1 amide bonds. The lowest BCUT2D eigenvalue weighted by molar-refractivity contribution is -0.148. The molecule has 0 fully saturated rings. The van der Waals surface area contributed by atoms with E-state index in [1.54, 1.807) is 19.9 Å². The zero-order valence-corrected chi connectivity index (χ0v) is 14.0. The lowest BCUT2D eigenvalue weighted by Crippen LogP contribution is -2.56. The van der Waals surface area contributed by atoms with Crippen LogP contribution >= 0.6 is 0 Å². The third-order valence-corrected chi connectivity index (χ3v) is 3.97. The van der Waals surface area contributed by atoms with Gasteiger partial charge in [-0.3, -0.25) is 14.5 Å². The standard InChI is InChI=1S/C17H23NO5/c1-5-17(6-2)16(21)18(10-15(20)22-11(3)4)13-9-12(19)7-8-14(13)23-17/h7-9,11,19H,5-6,10H2,1-4H3. The number of anilines is 1. The summed E-state index contributed by atoms with van der Waals surface area (Å²) in [5.74, 6) is -0.307. The summed E-state index contributed by atoms with van der Waals surface area (Å²) in [5, 5.41) is 9.71. The van der Waals surface area contributed by atoms with Gasteiger partial charge in [-0.25, -0.2) is 0 Å². The Kier molecular flexibility index (Phi) is 4.82. The minimum atomic E-state index is -0.998. The molecule has 6 heteroatoms. The number of aromatic hydroxyl groups is 1. The highest BCUT2D eigenvalue weighted by molar-refractivity contribution is 6.05. The fourth-order valence-electron chi connectivity index (χ4n) is 2.70. The molecular weight excluding hydrogens is 298 g/mol. The van der Waals surface area contributed by atoms with Crippen LogP contribution in [-0.2, 0) is 14.3 Å². The van der Waals surface area contributed by atoms with Crippen molar-refractivity contribution in [1.29, 1.82) is 0 Å². The number of carbonyl (C=O) groups excluding carboxylic acids is 2. The van der Waals surface area contributed by atoms with Gasteiger partial charge in [-0.05, 0) is 38.8 Å². The summed E-state index contributed by atoms with van der Waals surface area (Å²) in [6.07, 6.45) is 0.709. The predicted molar refractivity (Wildman–Crippen MR) is 85.6 cm³/mol. The Hall–Kier alpha value is -2.24. The first-order chi connectivity index (χ1) is 10.8. The molecule has 0 spiro atoms. The van der Waals surface area contributed by atoms with Crippen molar-refractivity contribution in [2.75, 3.05) is 11.4 Å². The monoisotopic (exact) mass is 321 g/mol. The maximum Gasteiger partial charge on any atom is 0.326 e. The van der Waals surface area contributed by atoms with Crippen LogP contribution < -0.4 is 9.64 Å². The van der Waals surface area contributed by atoms with Gasteiger partial charge in [-0.1, -0.05) is 13.8 Å². The van der Waals surface area contributed by atoms with Crippen molar-refractivity contribution in [1.82, 2.24) is 0 Å². The number of rotatable bonds is 5. The van der Waals surface area contributed by atoms with Gasteiger partial charge in [-0.2, -0.15) is 0 Å². The highest BCUT2D eigenvalue weighted by atomic mass is 16.5. The smallest absolute Gasteiger partial charge is 0.326 e. The van der Waals surface area contributed by atoms with Gasteiger partial charge in [0.15, 0.2) is 5.60 Å². The van der Waals surface area contributed by atoms with Crippen molar-refractivity contribution in [3.8, 4) is 11.5 Å². The summed E-state index contributed by atoms with van der Waals surface area (Å²) >= 11 is 0. The van der Waals surface area contributed by atoms with Crippen molar-refractivity contribution < 1.29 is 24.2 Å². The van der Waals surface area contributed by atoms with Gasteiger partial charge in [0.25, 0.3) is 5.91 Å². The summed E-state index contributed by atoms with van der Waals surface area (Å²) in [6, 6.07) is 4.53. The summed E-state index contributed by atoms with van der Waals surface area (Å²) in [6.45, 7) is 7.04. The van der Waals surface area contributed by atoms with Gasteiger partial charge in [-0.15, -0.1) is 0 Å². The van der Waals surface area contributed by atoms with Crippen LogP contribution in [0, 0.1) is 0 Å². The van der Waals surface area contributed by atoms with E-state index >= 15 is 0 Å². The number of hydrogen-bond donors (Lipinski definition) is 1. The molecule has 1 aromatic carbocycles. The van der Waals surface area contributed by atoms with Crippen LogP contribution in [0.4, 0.5) is 5.69 Å². The average molecular weight is 321 g/mol. The molecule has 0 radical (unpaired) electrons. The van der Waals surface area contributed by atoms with E-state index in [1.165, 1.54) is 17.0 Å². The number of ether oxygens (including phenoxy) is 2. The molecule has 0 saturated heterocycles. The minimum Gasteiger partial charge on any atom is -0.508 e. The van der Waals surface area contributed by atoms with Gasteiger partial charge in [0.05, 0.1) is 11.8 Å². The second kappa shape index (κ2) is 6.48. The number of fused-ring (bicyclic) bond motifs is 1. The molecule has 2 rings (SSSR count). The van der Waals surface area contributed by atoms with E-state index in [1.807, 2.05) is 13.8 Å². The largest absolute Gasteiger partial charge is 0.508 e. The molecule has 1 aromatic rings. The highest BCUT2D eigenvalue weighted by Gasteiger charge is 2.46. The van der Waals surface area contributed by atoms with E-state index in [2.05, 4.69) is 0 Å². The van der Waals surface area contributed by atoms with E-state index in [4.69, 9.17) is 9.47 Å². The zero-order chi connectivity index (χ0) is 17.2. The van der Waals surface area contributed by atoms with Crippen molar-refractivity contribution >= 4 is 17.6 Å². The molecule has 0 saturated carbocycles. The van der Waals surface area contributed by atoms with Crippen LogP contribution in [0.3, 0.4) is 0 Å². The first-order valence-electron chi connectivity index (χ1n) is 7.86. The van der Waals surface area contributed by atoms with Crippen LogP contribution in [0.25, 0.3) is 0 Å². The predicted octanol–water partition coefficient (Wildman–Crippen LogP) is 2.63. The maximum atomic E-state index is 12.9. The lowest BCUT2D eigenvalue weighted by Gasteiger charge is -2.41. The molecule has 1 N–H and O–H groups in total. The Morgan fingerprint density at radius 3 is 2.57 bits per heavy atom. The van der Waals surface area contributed by atoms with E-state index in [9.17, 15) is 14.7 Å². The second-order valence-corrected chi connectivity index (χ2v) is 5.89. The molecule has 6 nitrogen and oxygen atoms in total. The Labute approximate surface area is 136 Å². The zero-order valence-electron chi connectivity index (χ0n) is 14.0. The normalized spacial score (nSPS) is 16.0. The van der Waals surface area contributed by atoms with Gasteiger partial charge >= 0.3 is 5.97 Å². The summed E-state index contributed by atoms with van der Waals surface area (Å²) in [7, 11) is 0. The molecule has 0 aliphatic carbocycles. The highest BCUT2D eigenvalue weighted by Crippen LogP contribution is 2.42. The number of amides is 1. The molecule has 1 heterocycles. The molecule has 0 atom stereocenters. The quantitative estimate of drug-likeness (QED) is 0.844. The van der Waals surface area contributed by atoms with Crippen LogP contribution in [-0.4, -0.2) is 35.2 Å². The number of nitrogens with zero attached hydrogens (tertiary/aromatic N) is 1. The molecule has 0 unspecified atom stereocenters. The number of phenolic OH excluding ortho intramolecular Hbond substituents is 1. The van der Waals surface area contributed by atoms with Gasteiger partial charge in [0.2, 0.25) is 0 Å². The number of esters is 1. The first-order valence-corrected chi connectivity index (χ1v) is 7.86. The van der Waals surface area contributed by atoms with Gasteiger partial charge in [0, 0.05) is 6.07 Å². The van der Waals surface area contributed by atoms with Crippen LogP contribution in [0.2, 0.25) is 0 Å². The van der Waals surface area contributed by atoms with E-state index in [0.29, 0.717) is 24.3 Å². The SMILES string of the molecule is CCC1(CC)Oc2ccc(O)cc2N(CC(=O)OC(C)C)C1=O. The Morgan fingerprint density at radius 2 is 2.00 bits per heavy atom. The lowest BCUT2D eigenvalue weighted by atomic mass is 9.92. The number of hydrogen-bond acceptors (Lipinski definition) is 5. The molecule has 1 aliphatic heterocycles. The first kappa shape index (κ1) is 17.1. The number of phenols is 1. The third kappa shape index (κ3) is 3.25. The fraction of sp³-hybridized carbons (Fsp3) is 0.529. The summed E-state index contributed by atoms with van der Waals surface area (Å²) < 4.78 is 11.1. The number of benzene rings is 1. The second-order valence-electron chi connectivity index (χ2n) is 5.89. The fourth-order valence-corrected chi connectivity index (χ4v) is 2.70. The topological polar surface area (TPSA) is 76.1 Å². The molecule has 0 bridgehead atoms. The van der Waals surface area contributed by atoms with Gasteiger partial charge in [0.1, 0.15) is 18.0 Å². The average Bonchev–Trinajstić information content (AvgIpc) is 2.50. The molecular formula is C17H23NO5. The molecule has 126 valence electrons. The molecule has 1 aliphatic rings. The number of carbonyl (C=O) groups is 2. The van der Waals surface area contributed by atoms with Gasteiger partial charge < -0.3 is 14.6 Å². The van der Waals surface area contributed by atoms with E-state index < -0.39 is 11.6 Å². The van der Waals surface area contributed by atoms with Crippen molar-refractivity contribution in [3.05, 3.63) is 18.2 Å². The summed E-state index contributed by atoms with van der Waals surface area (Å²) in [5.41, 5.74) is -0.615. The van der Waals surface area contributed by atoms with E-state index in [-0.39, 0.29) is 24.3 Å². The third-order valence-electron chi connectivity index (χ3n) is 3.97. The van der Waals surface area contributed by atoms with Crippen LogP contribution in [0.1, 0.15) is 40.5 Å². The summed E-state index contributed by atoms with van der Waals surface area (Å²) in [4.78, 5) is 26.3. The Morgan fingerprint density at radius 1 is 1.35 bits per heavy atom. The van der Waals surface area contributed by atoms with Crippen LogP contribution in [0.5, 0.6) is 11.5 Å². The maximum absolute atomic E-state index is 12.9.